The molecule has 0 aromatic rings. The smallest absolute Gasteiger partial charge is 0.244 e. The van der Waals surface area contributed by atoms with Crippen LogP contribution >= 0.6 is 0 Å². The molecule has 2 unspecified atom stereocenters. The molecule has 108 valence electrons. The van der Waals surface area contributed by atoms with Crippen LogP contribution in [0.5, 0.6) is 0 Å². The van der Waals surface area contributed by atoms with Crippen LogP contribution < -0.4 is 10.6 Å². The molecule has 2 atom stereocenters. The van der Waals surface area contributed by atoms with E-state index in [4.69, 9.17) is 0 Å². The summed E-state index contributed by atoms with van der Waals surface area (Å²) in [7, 11) is 0. The molecule has 2 rings (SSSR count). The zero-order chi connectivity index (χ0) is 13.7. The predicted octanol–water partition coefficient (Wildman–Crippen LogP) is 0.503. The van der Waals surface area contributed by atoms with E-state index in [0.717, 1.165) is 51.9 Å². The molecule has 5 heteroatoms. The second-order valence-corrected chi connectivity index (χ2v) is 5.72. The Labute approximate surface area is 115 Å². The topological polar surface area (TPSA) is 61.4 Å². The fourth-order valence-electron chi connectivity index (χ4n) is 2.88. The zero-order valence-corrected chi connectivity index (χ0v) is 11.8. The van der Waals surface area contributed by atoms with Gasteiger partial charge >= 0.3 is 0 Å². The van der Waals surface area contributed by atoms with Crippen LogP contribution in [0, 0.1) is 5.92 Å². The number of hydrogen-bond acceptors (Lipinski definition) is 3. The molecule has 19 heavy (non-hydrogen) atoms. The van der Waals surface area contributed by atoms with Crippen molar-refractivity contribution in [3.8, 4) is 0 Å². The summed E-state index contributed by atoms with van der Waals surface area (Å²) in [6.07, 6.45) is 4.78. The van der Waals surface area contributed by atoms with Crippen molar-refractivity contribution in [3.05, 3.63) is 0 Å². The highest BCUT2D eigenvalue weighted by Crippen LogP contribution is 2.14. The summed E-state index contributed by atoms with van der Waals surface area (Å²) in [6.45, 7) is 5.56. The number of carbonyl (C=O) groups excluding carboxylic acids is 2. The largest absolute Gasteiger partial charge is 0.345 e. The molecule has 0 radical (unpaired) electrons. The van der Waals surface area contributed by atoms with E-state index in [-0.39, 0.29) is 17.9 Å². The molecular formula is C14H25N3O2. The van der Waals surface area contributed by atoms with Crippen molar-refractivity contribution >= 4 is 11.8 Å². The summed E-state index contributed by atoms with van der Waals surface area (Å²) in [6, 6.07) is -0.382. The third-order valence-corrected chi connectivity index (χ3v) is 4.11. The molecule has 0 bridgehead atoms. The standard InChI is InChI=1S/C14H25N3O2/c1-11(14(19)17-8-2-3-9-17)16-13(18)5-4-12-6-7-15-10-12/h11-12,15H,2-10H2,1H3,(H,16,18). The first-order valence-electron chi connectivity index (χ1n) is 7.45. The van der Waals surface area contributed by atoms with E-state index in [1.807, 2.05) is 4.90 Å². The lowest BCUT2D eigenvalue weighted by Crippen LogP contribution is -2.46. The summed E-state index contributed by atoms with van der Waals surface area (Å²) >= 11 is 0. The van der Waals surface area contributed by atoms with Crippen molar-refractivity contribution in [1.29, 1.82) is 0 Å². The molecule has 2 amide bonds. The summed E-state index contributed by atoms with van der Waals surface area (Å²) in [5, 5.41) is 6.13. The van der Waals surface area contributed by atoms with Crippen LogP contribution in [-0.2, 0) is 9.59 Å². The number of carbonyl (C=O) groups is 2. The van der Waals surface area contributed by atoms with E-state index in [0.29, 0.717) is 12.3 Å². The Kier molecular flexibility index (Phi) is 5.19. The first-order valence-corrected chi connectivity index (χ1v) is 7.45. The molecule has 0 aromatic heterocycles. The molecule has 0 saturated carbocycles. The van der Waals surface area contributed by atoms with Crippen molar-refractivity contribution in [2.24, 2.45) is 5.92 Å². The Morgan fingerprint density at radius 3 is 2.74 bits per heavy atom. The number of amides is 2. The van der Waals surface area contributed by atoms with E-state index in [1.54, 1.807) is 6.92 Å². The minimum atomic E-state index is -0.382. The molecule has 2 aliphatic heterocycles. The maximum atomic E-state index is 12.0. The molecule has 0 aromatic carbocycles. The lowest BCUT2D eigenvalue weighted by atomic mass is 10.0. The Morgan fingerprint density at radius 1 is 1.37 bits per heavy atom. The van der Waals surface area contributed by atoms with Crippen LogP contribution in [0.15, 0.2) is 0 Å². The Bertz CT molecular complexity index is 321. The van der Waals surface area contributed by atoms with Gasteiger partial charge in [-0.25, -0.2) is 0 Å². The van der Waals surface area contributed by atoms with Gasteiger partial charge in [-0.2, -0.15) is 0 Å². The van der Waals surface area contributed by atoms with Crippen LogP contribution in [0.4, 0.5) is 0 Å². The molecule has 2 heterocycles. The molecule has 0 spiro atoms. The number of rotatable bonds is 5. The Hall–Kier alpha value is -1.10. The summed E-state index contributed by atoms with van der Waals surface area (Å²) in [5.74, 6) is 0.690. The summed E-state index contributed by atoms with van der Waals surface area (Å²) < 4.78 is 0. The fraction of sp³-hybridized carbons (Fsp3) is 0.857. The first kappa shape index (κ1) is 14.3. The second-order valence-electron chi connectivity index (χ2n) is 5.72. The third kappa shape index (κ3) is 4.20. The van der Waals surface area contributed by atoms with E-state index in [2.05, 4.69) is 10.6 Å². The van der Waals surface area contributed by atoms with Gasteiger partial charge in [-0.1, -0.05) is 0 Å². The van der Waals surface area contributed by atoms with Gasteiger partial charge in [0.1, 0.15) is 6.04 Å². The highest BCUT2D eigenvalue weighted by atomic mass is 16.2. The van der Waals surface area contributed by atoms with Gasteiger partial charge < -0.3 is 15.5 Å². The molecule has 5 nitrogen and oxygen atoms in total. The van der Waals surface area contributed by atoms with Crippen LogP contribution in [0.3, 0.4) is 0 Å². The maximum Gasteiger partial charge on any atom is 0.244 e. The molecule has 2 fully saturated rings. The van der Waals surface area contributed by atoms with Gasteiger partial charge in [0.15, 0.2) is 0 Å². The molecule has 2 N–H and O–H groups in total. The van der Waals surface area contributed by atoms with Gasteiger partial charge in [-0.15, -0.1) is 0 Å². The van der Waals surface area contributed by atoms with Crippen LogP contribution in [0.2, 0.25) is 0 Å². The maximum absolute atomic E-state index is 12.0. The van der Waals surface area contributed by atoms with Gasteiger partial charge in [0.05, 0.1) is 0 Å². The average molecular weight is 267 g/mol. The van der Waals surface area contributed by atoms with Gasteiger partial charge in [-0.3, -0.25) is 9.59 Å². The van der Waals surface area contributed by atoms with E-state index in [9.17, 15) is 9.59 Å². The minimum absolute atomic E-state index is 0.00643. The first-order chi connectivity index (χ1) is 9.16. The third-order valence-electron chi connectivity index (χ3n) is 4.11. The van der Waals surface area contributed by atoms with Crippen LogP contribution in [0.25, 0.3) is 0 Å². The SMILES string of the molecule is CC(NC(=O)CCC1CCNC1)C(=O)N1CCCC1. The molecular weight excluding hydrogens is 242 g/mol. The van der Waals surface area contributed by atoms with Crippen molar-refractivity contribution in [2.75, 3.05) is 26.2 Å². The second kappa shape index (κ2) is 6.89. The molecule has 2 saturated heterocycles. The summed E-state index contributed by atoms with van der Waals surface area (Å²) in [4.78, 5) is 25.7. The monoisotopic (exact) mass is 267 g/mol. The fourth-order valence-corrected chi connectivity index (χ4v) is 2.88. The molecule has 0 aliphatic carbocycles. The Morgan fingerprint density at radius 2 is 2.11 bits per heavy atom. The zero-order valence-electron chi connectivity index (χ0n) is 11.8. The number of nitrogens with zero attached hydrogens (tertiary/aromatic N) is 1. The molecule has 2 aliphatic rings. The van der Waals surface area contributed by atoms with Crippen LogP contribution in [0.1, 0.15) is 39.0 Å². The number of hydrogen-bond donors (Lipinski definition) is 2. The van der Waals surface area contributed by atoms with Crippen LogP contribution in [-0.4, -0.2) is 48.9 Å². The average Bonchev–Trinajstić information content (AvgIpc) is 3.08. The summed E-state index contributed by atoms with van der Waals surface area (Å²) in [5.41, 5.74) is 0. The van der Waals surface area contributed by atoms with Crippen molar-refractivity contribution in [1.82, 2.24) is 15.5 Å². The van der Waals surface area contributed by atoms with E-state index < -0.39 is 0 Å². The van der Waals surface area contributed by atoms with Gasteiger partial charge in [0, 0.05) is 19.5 Å². The lowest BCUT2D eigenvalue weighted by Gasteiger charge is -2.21. The van der Waals surface area contributed by atoms with E-state index >= 15 is 0 Å². The predicted molar refractivity (Wildman–Crippen MR) is 73.6 cm³/mol. The van der Waals surface area contributed by atoms with Crippen molar-refractivity contribution < 1.29 is 9.59 Å². The van der Waals surface area contributed by atoms with Crippen molar-refractivity contribution in [2.45, 2.75) is 45.1 Å². The highest BCUT2D eigenvalue weighted by molar-refractivity contribution is 5.87. The minimum Gasteiger partial charge on any atom is -0.345 e. The lowest BCUT2D eigenvalue weighted by molar-refractivity contribution is -0.135. The van der Waals surface area contributed by atoms with E-state index in [1.165, 1.54) is 0 Å². The normalized spacial score (nSPS) is 24.5. The van der Waals surface area contributed by atoms with Gasteiger partial charge in [-0.05, 0) is 51.6 Å². The number of nitrogens with one attached hydrogen (secondary N) is 2. The highest BCUT2D eigenvalue weighted by Gasteiger charge is 2.24. The van der Waals surface area contributed by atoms with Gasteiger partial charge in [0.25, 0.3) is 0 Å². The van der Waals surface area contributed by atoms with Crippen molar-refractivity contribution in [3.63, 3.8) is 0 Å². The number of likely N-dealkylation sites (tertiary alicyclic amines) is 1. The quantitative estimate of drug-likeness (QED) is 0.762. The van der Waals surface area contributed by atoms with Gasteiger partial charge in [0.2, 0.25) is 11.8 Å². The Balaban J connectivity index is 1.67.